The summed E-state index contributed by atoms with van der Waals surface area (Å²) >= 11 is 0. The average Bonchev–Trinajstić information content (AvgIpc) is 2.69. The van der Waals surface area contributed by atoms with Gasteiger partial charge in [0.15, 0.2) is 0 Å². The molecule has 0 saturated carbocycles. The van der Waals surface area contributed by atoms with E-state index in [0.717, 1.165) is 0 Å². The van der Waals surface area contributed by atoms with Crippen molar-refractivity contribution < 1.29 is 18.8 Å². The van der Waals surface area contributed by atoms with E-state index < -0.39 is 23.5 Å². The Hall–Kier alpha value is -1.85. The van der Waals surface area contributed by atoms with E-state index in [0.29, 0.717) is 11.3 Å². The molecule has 0 radical (unpaired) electrons. The smallest absolute Gasteiger partial charge is 0.329 e. The molecule has 1 rings (SSSR count). The first-order valence-corrected chi connectivity index (χ1v) is 6.57. The molecule has 0 aliphatic heterocycles. The van der Waals surface area contributed by atoms with E-state index in [2.05, 4.69) is 10.5 Å². The van der Waals surface area contributed by atoms with Gasteiger partial charge in [0.1, 0.15) is 23.0 Å². The maximum absolute atomic E-state index is 12.1. The molecular weight excluding hydrogens is 260 g/mol. The molecule has 6 heteroatoms. The highest BCUT2D eigenvalue weighted by atomic mass is 16.6. The molecular formula is C14H22N2O4. The first-order valence-electron chi connectivity index (χ1n) is 6.57. The fourth-order valence-corrected chi connectivity index (χ4v) is 1.60. The van der Waals surface area contributed by atoms with Crippen LogP contribution in [0.4, 0.5) is 0 Å². The van der Waals surface area contributed by atoms with Crippen molar-refractivity contribution in [2.24, 2.45) is 5.92 Å². The van der Waals surface area contributed by atoms with Crippen molar-refractivity contribution in [2.45, 2.75) is 53.2 Å². The van der Waals surface area contributed by atoms with Gasteiger partial charge in [0.2, 0.25) is 0 Å². The Labute approximate surface area is 118 Å². The Morgan fingerprint density at radius 3 is 2.35 bits per heavy atom. The second kappa shape index (κ2) is 6.07. The minimum Gasteiger partial charge on any atom is -0.458 e. The number of ether oxygens (including phenoxy) is 1. The predicted octanol–water partition coefficient (Wildman–Crippen LogP) is 2.08. The third kappa shape index (κ3) is 4.36. The van der Waals surface area contributed by atoms with Crippen LogP contribution in [0, 0.1) is 12.8 Å². The van der Waals surface area contributed by atoms with Crippen LogP contribution in [-0.4, -0.2) is 28.7 Å². The lowest BCUT2D eigenvalue weighted by atomic mass is 10.0. The molecule has 1 N–H and O–H groups in total. The molecule has 6 nitrogen and oxygen atoms in total. The summed E-state index contributed by atoms with van der Waals surface area (Å²) in [5, 5.41) is 6.22. The van der Waals surface area contributed by atoms with E-state index in [-0.39, 0.29) is 5.92 Å². The molecule has 112 valence electrons. The van der Waals surface area contributed by atoms with E-state index in [1.54, 1.807) is 27.7 Å². The number of rotatable bonds is 4. The molecule has 1 amide bonds. The predicted molar refractivity (Wildman–Crippen MR) is 73.2 cm³/mol. The van der Waals surface area contributed by atoms with Gasteiger partial charge in [-0.05, 0) is 33.6 Å². The minimum atomic E-state index is -0.712. The Balaban J connectivity index is 2.81. The molecule has 0 spiro atoms. The largest absolute Gasteiger partial charge is 0.458 e. The van der Waals surface area contributed by atoms with E-state index in [1.807, 2.05) is 13.8 Å². The molecule has 0 saturated heterocycles. The molecule has 1 aromatic heterocycles. The van der Waals surface area contributed by atoms with Crippen LogP contribution in [0.25, 0.3) is 0 Å². The summed E-state index contributed by atoms with van der Waals surface area (Å²) in [5.41, 5.74) is -0.276. The first-order chi connectivity index (χ1) is 9.11. The highest BCUT2D eigenvalue weighted by Crippen LogP contribution is 2.14. The maximum Gasteiger partial charge on any atom is 0.329 e. The normalized spacial score (nSPS) is 13.2. The summed E-state index contributed by atoms with van der Waals surface area (Å²) in [6.45, 7) is 10.7. The van der Waals surface area contributed by atoms with Crippen LogP contribution in [0.1, 0.15) is 50.7 Å². The van der Waals surface area contributed by atoms with Crippen LogP contribution >= 0.6 is 0 Å². The van der Waals surface area contributed by atoms with Crippen molar-refractivity contribution in [1.29, 1.82) is 0 Å². The van der Waals surface area contributed by atoms with E-state index in [9.17, 15) is 9.59 Å². The monoisotopic (exact) mass is 282 g/mol. The zero-order chi connectivity index (χ0) is 15.5. The standard InChI is InChI=1S/C14H22N2O4/c1-8(2)11(13(18)19-14(4,5)6)16-12(17)10-7-15-20-9(10)3/h7-8,11H,1-6H3,(H,16,17)/t11-/m1/s1. The van der Waals surface area contributed by atoms with Crippen molar-refractivity contribution in [2.75, 3.05) is 0 Å². The van der Waals surface area contributed by atoms with Crippen molar-refractivity contribution in [3.8, 4) is 0 Å². The Bertz CT molecular complexity index is 486. The molecule has 1 aromatic rings. The molecule has 20 heavy (non-hydrogen) atoms. The number of hydrogen-bond acceptors (Lipinski definition) is 5. The third-order valence-electron chi connectivity index (χ3n) is 2.61. The van der Waals surface area contributed by atoms with Crippen LogP contribution < -0.4 is 5.32 Å². The van der Waals surface area contributed by atoms with Crippen molar-refractivity contribution >= 4 is 11.9 Å². The lowest BCUT2D eigenvalue weighted by Gasteiger charge is -2.26. The minimum absolute atomic E-state index is 0.0889. The Kier molecular flexibility index (Phi) is 4.92. The average molecular weight is 282 g/mol. The van der Waals surface area contributed by atoms with Crippen LogP contribution in [-0.2, 0) is 9.53 Å². The van der Waals surface area contributed by atoms with Gasteiger partial charge in [0.25, 0.3) is 5.91 Å². The number of nitrogens with zero attached hydrogens (tertiary/aromatic N) is 1. The zero-order valence-electron chi connectivity index (χ0n) is 12.8. The number of aromatic nitrogens is 1. The summed E-state index contributed by atoms with van der Waals surface area (Å²) in [6, 6.07) is -0.712. The second-order valence-corrected chi connectivity index (χ2v) is 6.02. The number of amides is 1. The van der Waals surface area contributed by atoms with E-state index in [4.69, 9.17) is 9.26 Å². The fourth-order valence-electron chi connectivity index (χ4n) is 1.60. The van der Waals surface area contributed by atoms with Crippen LogP contribution in [0.2, 0.25) is 0 Å². The van der Waals surface area contributed by atoms with Crippen molar-refractivity contribution in [3.05, 3.63) is 17.5 Å². The summed E-state index contributed by atoms with van der Waals surface area (Å²) in [7, 11) is 0. The van der Waals surface area contributed by atoms with Gasteiger partial charge < -0.3 is 14.6 Å². The van der Waals surface area contributed by atoms with Crippen molar-refractivity contribution in [1.82, 2.24) is 10.5 Å². The number of carbonyl (C=O) groups is 2. The molecule has 1 atom stereocenters. The van der Waals surface area contributed by atoms with Gasteiger partial charge in [-0.3, -0.25) is 4.79 Å². The van der Waals surface area contributed by atoms with Gasteiger partial charge >= 0.3 is 5.97 Å². The van der Waals surface area contributed by atoms with E-state index in [1.165, 1.54) is 6.20 Å². The van der Waals surface area contributed by atoms with Crippen LogP contribution in [0.15, 0.2) is 10.7 Å². The Morgan fingerprint density at radius 2 is 1.95 bits per heavy atom. The molecule has 0 aliphatic carbocycles. The van der Waals surface area contributed by atoms with Gasteiger partial charge in [-0.15, -0.1) is 0 Å². The zero-order valence-corrected chi connectivity index (χ0v) is 12.8. The van der Waals surface area contributed by atoms with Crippen LogP contribution in [0.5, 0.6) is 0 Å². The van der Waals surface area contributed by atoms with Gasteiger partial charge in [-0.25, -0.2) is 4.79 Å². The number of hydrogen-bond donors (Lipinski definition) is 1. The van der Waals surface area contributed by atoms with E-state index >= 15 is 0 Å². The molecule has 0 aliphatic rings. The van der Waals surface area contributed by atoms with Gasteiger partial charge in [-0.2, -0.15) is 0 Å². The van der Waals surface area contributed by atoms with Crippen molar-refractivity contribution in [3.63, 3.8) is 0 Å². The lowest BCUT2D eigenvalue weighted by molar-refractivity contribution is -0.158. The van der Waals surface area contributed by atoms with Gasteiger partial charge in [-0.1, -0.05) is 19.0 Å². The number of aryl methyl sites for hydroxylation is 1. The van der Waals surface area contributed by atoms with Gasteiger partial charge in [0.05, 0.1) is 6.20 Å². The SMILES string of the molecule is Cc1oncc1C(=O)N[C@@H](C(=O)OC(C)(C)C)C(C)C. The topological polar surface area (TPSA) is 81.4 Å². The summed E-state index contributed by atoms with van der Waals surface area (Å²) < 4.78 is 10.2. The second-order valence-electron chi connectivity index (χ2n) is 6.02. The highest BCUT2D eigenvalue weighted by molar-refractivity contribution is 5.97. The Morgan fingerprint density at radius 1 is 1.35 bits per heavy atom. The van der Waals surface area contributed by atoms with Gasteiger partial charge in [0, 0.05) is 0 Å². The lowest BCUT2D eigenvalue weighted by Crippen LogP contribution is -2.47. The summed E-state index contributed by atoms with van der Waals surface area (Å²) in [4.78, 5) is 24.2. The highest BCUT2D eigenvalue weighted by Gasteiger charge is 2.30. The first kappa shape index (κ1) is 16.2. The molecule has 0 aromatic carbocycles. The molecule has 0 unspecified atom stereocenters. The molecule has 1 heterocycles. The van der Waals surface area contributed by atoms with Crippen LogP contribution in [0.3, 0.4) is 0 Å². The summed E-state index contributed by atoms with van der Waals surface area (Å²) in [5.74, 6) is -0.522. The number of nitrogens with one attached hydrogen (secondary N) is 1. The molecule has 0 fully saturated rings. The third-order valence-corrected chi connectivity index (χ3v) is 2.61. The number of carbonyl (C=O) groups excluding carboxylic acids is 2. The maximum atomic E-state index is 12.1. The summed E-state index contributed by atoms with van der Waals surface area (Å²) in [6.07, 6.45) is 1.33. The quantitative estimate of drug-likeness (QED) is 0.855. The fraction of sp³-hybridized carbons (Fsp3) is 0.643. The number of esters is 1. The molecule has 0 bridgehead atoms.